The zero-order chi connectivity index (χ0) is 21.7. The molecule has 0 unspecified atom stereocenters. The van der Waals surface area contributed by atoms with Crippen molar-refractivity contribution in [3.8, 4) is 0 Å². The van der Waals surface area contributed by atoms with Crippen molar-refractivity contribution < 1.29 is 18.1 Å². The first-order chi connectivity index (χ1) is 14.3. The number of nitrogens with one attached hydrogen (secondary N) is 1. The van der Waals surface area contributed by atoms with Crippen LogP contribution >= 0.6 is 0 Å². The summed E-state index contributed by atoms with van der Waals surface area (Å²) >= 11 is 0. The van der Waals surface area contributed by atoms with Crippen molar-refractivity contribution in [2.24, 2.45) is 5.10 Å². The quantitative estimate of drug-likeness (QED) is 0.353. The van der Waals surface area contributed by atoms with E-state index in [2.05, 4.69) is 10.5 Å². The molecule has 0 atom stereocenters. The van der Waals surface area contributed by atoms with Crippen LogP contribution in [0, 0.1) is 10.1 Å². The number of carbonyl (C=O) groups excluding carboxylic acids is 1. The van der Waals surface area contributed by atoms with Crippen LogP contribution < -0.4 is 5.43 Å². The second kappa shape index (κ2) is 8.80. The smallest absolute Gasteiger partial charge is 0.269 e. The molecule has 3 aromatic rings. The molecule has 0 bridgehead atoms. The van der Waals surface area contributed by atoms with E-state index >= 15 is 0 Å². The van der Waals surface area contributed by atoms with E-state index in [1.54, 1.807) is 12.1 Å². The lowest BCUT2D eigenvalue weighted by Crippen LogP contribution is -2.36. The van der Waals surface area contributed by atoms with E-state index in [4.69, 9.17) is 0 Å². The maximum Gasteiger partial charge on any atom is 0.269 e. The van der Waals surface area contributed by atoms with Gasteiger partial charge in [-0.15, -0.1) is 0 Å². The van der Waals surface area contributed by atoms with Gasteiger partial charge in [-0.3, -0.25) is 14.9 Å². The molecule has 0 saturated carbocycles. The number of non-ortho nitro benzene ring substituents is 1. The van der Waals surface area contributed by atoms with Crippen molar-refractivity contribution in [3.05, 3.63) is 82.4 Å². The van der Waals surface area contributed by atoms with E-state index in [0.717, 1.165) is 15.1 Å². The molecule has 0 saturated heterocycles. The lowest BCUT2D eigenvalue weighted by Gasteiger charge is -2.16. The van der Waals surface area contributed by atoms with Crippen molar-refractivity contribution >= 4 is 38.6 Å². The van der Waals surface area contributed by atoms with E-state index in [9.17, 15) is 23.3 Å². The first-order valence-corrected chi connectivity index (χ1v) is 10.2. The molecule has 1 amide bonds. The summed E-state index contributed by atoms with van der Waals surface area (Å²) in [6.07, 6.45) is 1.31. The Balaban J connectivity index is 1.62. The van der Waals surface area contributed by atoms with E-state index in [0.29, 0.717) is 5.56 Å². The summed E-state index contributed by atoms with van der Waals surface area (Å²) in [5.74, 6) is -0.625. The molecular weight excluding hydrogens is 408 g/mol. The second-order valence-corrected chi connectivity index (χ2v) is 8.46. The third-order valence-corrected chi connectivity index (χ3v) is 6.10. The molecule has 0 aromatic heterocycles. The predicted molar refractivity (Wildman–Crippen MR) is 113 cm³/mol. The van der Waals surface area contributed by atoms with Crippen LogP contribution in [-0.4, -0.2) is 43.4 Å². The molecule has 0 spiro atoms. The first kappa shape index (κ1) is 21.1. The van der Waals surface area contributed by atoms with E-state index in [1.807, 2.05) is 24.3 Å². The van der Waals surface area contributed by atoms with Gasteiger partial charge in [0.05, 0.1) is 22.6 Å². The molecule has 3 aromatic carbocycles. The van der Waals surface area contributed by atoms with E-state index < -0.39 is 27.4 Å². The molecule has 0 radical (unpaired) electrons. The van der Waals surface area contributed by atoms with Gasteiger partial charge in [-0.05, 0) is 40.6 Å². The predicted octanol–water partition coefficient (Wildman–Crippen LogP) is 2.52. The zero-order valence-corrected chi connectivity index (χ0v) is 16.7. The fourth-order valence-corrected chi connectivity index (χ4v) is 3.85. The van der Waals surface area contributed by atoms with Gasteiger partial charge in [0.25, 0.3) is 11.6 Å². The Bertz CT molecular complexity index is 1220. The summed E-state index contributed by atoms with van der Waals surface area (Å²) in [5.41, 5.74) is 2.72. The van der Waals surface area contributed by atoms with E-state index in [-0.39, 0.29) is 10.6 Å². The largest absolute Gasteiger partial charge is 0.272 e. The Hall–Kier alpha value is -3.63. The molecule has 0 aliphatic heterocycles. The highest BCUT2D eigenvalue weighted by atomic mass is 32.2. The number of hydrogen-bond donors (Lipinski definition) is 1. The van der Waals surface area contributed by atoms with Gasteiger partial charge >= 0.3 is 0 Å². The van der Waals surface area contributed by atoms with Gasteiger partial charge in [0, 0.05) is 19.2 Å². The van der Waals surface area contributed by atoms with Crippen LogP contribution in [0.3, 0.4) is 0 Å². The minimum absolute atomic E-state index is 0.0586. The molecule has 3 rings (SSSR count). The monoisotopic (exact) mass is 426 g/mol. The molecule has 30 heavy (non-hydrogen) atoms. The summed E-state index contributed by atoms with van der Waals surface area (Å²) < 4.78 is 26.4. The minimum atomic E-state index is -3.86. The molecule has 0 aliphatic carbocycles. The second-order valence-electron chi connectivity index (χ2n) is 6.41. The fourth-order valence-electron chi connectivity index (χ4n) is 2.69. The Morgan fingerprint density at radius 1 is 1.10 bits per heavy atom. The SMILES string of the molecule is CN(CC(=O)NN=Cc1ccc([N+](=O)[O-])cc1)S(=O)(=O)c1ccc2ccccc2c1. The minimum Gasteiger partial charge on any atom is -0.272 e. The van der Waals surface area contributed by atoms with Crippen LogP contribution in [0.25, 0.3) is 10.8 Å². The number of nitrogens with zero attached hydrogens (tertiary/aromatic N) is 3. The number of rotatable bonds is 7. The highest BCUT2D eigenvalue weighted by Crippen LogP contribution is 2.21. The van der Waals surface area contributed by atoms with Gasteiger partial charge in [0.2, 0.25) is 10.0 Å². The van der Waals surface area contributed by atoms with Crippen LogP contribution in [0.5, 0.6) is 0 Å². The number of hydrazone groups is 1. The van der Waals surface area contributed by atoms with Gasteiger partial charge in [0.15, 0.2) is 0 Å². The molecule has 0 fully saturated rings. The molecule has 10 heteroatoms. The van der Waals surface area contributed by atoms with Crippen molar-refractivity contribution in [3.63, 3.8) is 0 Å². The van der Waals surface area contributed by atoms with Crippen molar-refractivity contribution in [2.75, 3.05) is 13.6 Å². The maximum atomic E-state index is 12.7. The van der Waals surface area contributed by atoms with Crippen molar-refractivity contribution in [2.45, 2.75) is 4.90 Å². The zero-order valence-electron chi connectivity index (χ0n) is 15.9. The highest BCUT2D eigenvalue weighted by molar-refractivity contribution is 7.89. The Morgan fingerprint density at radius 3 is 2.43 bits per heavy atom. The number of nitro groups is 1. The third-order valence-electron chi connectivity index (χ3n) is 4.30. The molecule has 0 heterocycles. The average Bonchev–Trinajstić information content (AvgIpc) is 2.73. The standard InChI is InChI=1S/C20H18N4O5S/c1-23(30(28,29)19-11-8-16-4-2-3-5-17(16)12-19)14-20(25)22-21-13-15-6-9-18(10-7-15)24(26)27/h2-13H,14H2,1H3,(H,22,25). The number of benzene rings is 3. The number of hydrogen-bond acceptors (Lipinski definition) is 6. The molecule has 0 aliphatic rings. The maximum absolute atomic E-state index is 12.7. The van der Waals surface area contributed by atoms with Crippen molar-refractivity contribution in [1.82, 2.24) is 9.73 Å². The lowest BCUT2D eigenvalue weighted by atomic mass is 10.1. The summed E-state index contributed by atoms with van der Waals surface area (Å²) in [7, 11) is -2.55. The van der Waals surface area contributed by atoms with Crippen molar-refractivity contribution in [1.29, 1.82) is 0 Å². The molecule has 9 nitrogen and oxygen atoms in total. The summed E-state index contributed by atoms with van der Waals surface area (Å²) in [4.78, 5) is 22.3. The van der Waals surface area contributed by atoms with Crippen LogP contribution in [0.4, 0.5) is 5.69 Å². The number of amides is 1. The Morgan fingerprint density at radius 2 is 1.77 bits per heavy atom. The van der Waals surface area contributed by atoms with Crippen LogP contribution in [0.15, 0.2) is 76.7 Å². The number of likely N-dealkylation sites (N-methyl/N-ethyl adjacent to an activating group) is 1. The molecule has 154 valence electrons. The molecule has 1 N–H and O–H groups in total. The molecular formula is C20H18N4O5S. The van der Waals surface area contributed by atoms with Crippen LogP contribution in [0.2, 0.25) is 0 Å². The Kier molecular flexibility index (Phi) is 6.19. The fraction of sp³-hybridized carbons (Fsp3) is 0.100. The first-order valence-electron chi connectivity index (χ1n) is 8.79. The summed E-state index contributed by atoms with van der Waals surface area (Å²) in [6.45, 7) is -0.424. The average molecular weight is 426 g/mol. The third kappa shape index (κ3) is 4.85. The highest BCUT2D eigenvalue weighted by Gasteiger charge is 2.23. The van der Waals surface area contributed by atoms with Gasteiger partial charge < -0.3 is 0 Å². The number of nitro benzene ring substituents is 1. The summed E-state index contributed by atoms with van der Waals surface area (Å²) in [5, 5.41) is 16.1. The van der Waals surface area contributed by atoms with Gasteiger partial charge in [-0.25, -0.2) is 13.8 Å². The van der Waals surface area contributed by atoms with Crippen LogP contribution in [-0.2, 0) is 14.8 Å². The van der Waals surface area contributed by atoms with Crippen LogP contribution in [0.1, 0.15) is 5.56 Å². The van der Waals surface area contributed by atoms with Gasteiger partial charge in [0.1, 0.15) is 0 Å². The number of sulfonamides is 1. The van der Waals surface area contributed by atoms with E-state index in [1.165, 1.54) is 43.6 Å². The normalized spacial score (nSPS) is 11.8. The topological polar surface area (TPSA) is 122 Å². The Labute approximate surface area is 172 Å². The number of carbonyl (C=O) groups is 1. The number of fused-ring (bicyclic) bond motifs is 1. The van der Waals surface area contributed by atoms with Gasteiger partial charge in [-0.2, -0.15) is 9.41 Å². The summed E-state index contributed by atoms with van der Waals surface area (Å²) in [6, 6.07) is 17.7. The lowest BCUT2D eigenvalue weighted by molar-refractivity contribution is -0.384. The van der Waals surface area contributed by atoms with Gasteiger partial charge in [-0.1, -0.05) is 30.3 Å².